The molecular formula is C18H29N2OP. The van der Waals surface area contributed by atoms with Gasteiger partial charge in [0, 0.05) is 24.7 Å². The first-order valence-corrected chi connectivity index (χ1v) is 9.54. The number of aromatic nitrogens is 1. The highest BCUT2D eigenvalue weighted by atomic mass is 31.0. The number of hydrogen-bond acceptors (Lipinski definition) is 2. The Morgan fingerprint density at radius 1 is 1.23 bits per heavy atom. The van der Waals surface area contributed by atoms with Gasteiger partial charge in [0.1, 0.15) is 0 Å². The molecule has 122 valence electrons. The minimum Gasteiger partial charge on any atom is -0.404 e. The van der Waals surface area contributed by atoms with Gasteiger partial charge in [-0.15, -0.1) is 5.06 Å². The Morgan fingerprint density at radius 3 is 2.45 bits per heavy atom. The summed E-state index contributed by atoms with van der Waals surface area (Å²) < 4.78 is 0. The average Bonchev–Trinajstić information content (AvgIpc) is 3.13. The van der Waals surface area contributed by atoms with Crippen molar-refractivity contribution in [1.82, 2.24) is 10.0 Å². The van der Waals surface area contributed by atoms with Gasteiger partial charge in [-0.2, -0.15) is 0 Å². The predicted octanol–water partition coefficient (Wildman–Crippen LogP) is 5.74. The van der Waals surface area contributed by atoms with Crippen LogP contribution in [0, 0.1) is 18.8 Å². The summed E-state index contributed by atoms with van der Waals surface area (Å²) in [5.41, 5.74) is 1.19. The van der Waals surface area contributed by atoms with Gasteiger partial charge in [-0.05, 0) is 35.9 Å². The molecule has 1 N–H and O–H groups in total. The lowest BCUT2D eigenvalue weighted by Crippen LogP contribution is -2.24. The van der Waals surface area contributed by atoms with Gasteiger partial charge < -0.3 is 9.82 Å². The van der Waals surface area contributed by atoms with Crippen molar-refractivity contribution >= 4 is 19.1 Å². The van der Waals surface area contributed by atoms with Crippen LogP contribution in [0.1, 0.15) is 45.8 Å². The number of aryl methyl sites for hydroxylation is 1. The van der Waals surface area contributed by atoms with E-state index in [0.29, 0.717) is 0 Å². The summed E-state index contributed by atoms with van der Waals surface area (Å²) >= 11 is 0. The number of nitrogens with zero attached hydrogens (tertiary/aromatic N) is 1. The monoisotopic (exact) mass is 320 g/mol. The Morgan fingerprint density at radius 2 is 1.86 bits per heavy atom. The van der Waals surface area contributed by atoms with E-state index in [0.717, 1.165) is 30.7 Å². The van der Waals surface area contributed by atoms with E-state index in [9.17, 15) is 0 Å². The zero-order valence-electron chi connectivity index (χ0n) is 14.5. The van der Waals surface area contributed by atoms with Crippen LogP contribution < -0.4 is 4.84 Å². The Balaban J connectivity index is 0.000000847. The number of H-pyrrole nitrogens is 1. The maximum Gasteiger partial charge on any atom is 0.172 e. The minimum absolute atomic E-state index is 0.775. The smallest absolute Gasteiger partial charge is 0.172 e. The molecule has 1 aliphatic rings. The number of hydrogen-bond donors (Lipinski definition) is 1. The number of hydroxylamine groups is 2. The van der Waals surface area contributed by atoms with Crippen molar-refractivity contribution in [3.05, 3.63) is 23.4 Å². The van der Waals surface area contributed by atoms with Crippen molar-refractivity contribution in [2.75, 3.05) is 13.1 Å². The van der Waals surface area contributed by atoms with Crippen molar-refractivity contribution < 1.29 is 4.84 Å². The molecule has 22 heavy (non-hydrogen) atoms. The second-order valence-corrected chi connectivity index (χ2v) is 7.02. The molecule has 0 amide bonds. The van der Waals surface area contributed by atoms with Gasteiger partial charge in [0.2, 0.25) is 0 Å². The van der Waals surface area contributed by atoms with Crippen LogP contribution in [0.5, 0.6) is 5.75 Å². The molecule has 0 radical (unpaired) electrons. The van der Waals surface area contributed by atoms with Gasteiger partial charge in [-0.25, -0.2) is 0 Å². The Labute approximate surface area is 136 Å². The van der Waals surface area contributed by atoms with Crippen molar-refractivity contribution in [1.29, 1.82) is 0 Å². The lowest BCUT2D eigenvalue weighted by atomic mass is 9.92. The van der Waals surface area contributed by atoms with E-state index >= 15 is 0 Å². The molecule has 0 spiro atoms. The summed E-state index contributed by atoms with van der Waals surface area (Å²) in [6.07, 6.45) is 4.48. The maximum atomic E-state index is 6.16. The van der Waals surface area contributed by atoms with Gasteiger partial charge in [0.05, 0.1) is 5.52 Å². The van der Waals surface area contributed by atoms with Crippen molar-refractivity contribution in [3.8, 4) is 5.75 Å². The third kappa shape index (κ3) is 3.64. The van der Waals surface area contributed by atoms with Crippen LogP contribution in [0.4, 0.5) is 0 Å². The molecule has 2 atom stereocenters. The molecule has 1 saturated heterocycles. The largest absolute Gasteiger partial charge is 0.404 e. The molecule has 0 saturated carbocycles. The Bertz CT molecular complexity index is 584. The zero-order chi connectivity index (χ0) is 16.1. The van der Waals surface area contributed by atoms with E-state index in [1.807, 2.05) is 20.0 Å². The third-order valence-corrected chi connectivity index (χ3v) is 5.41. The summed E-state index contributed by atoms with van der Waals surface area (Å²) in [6, 6.07) is 2.23. The molecule has 3 rings (SSSR count). The van der Waals surface area contributed by atoms with Gasteiger partial charge >= 0.3 is 0 Å². The minimum atomic E-state index is 0.775. The second-order valence-electron chi connectivity index (χ2n) is 5.80. The molecule has 3 nitrogen and oxygen atoms in total. The van der Waals surface area contributed by atoms with E-state index in [1.165, 1.54) is 37.2 Å². The quantitative estimate of drug-likeness (QED) is 0.777. The van der Waals surface area contributed by atoms with Gasteiger partial charge in [-0.1, -0.05) is 48.7 Å². The maximum absolute atomic E-state index is 6.16. The zero-order valence-corrected chi connectivity index (χ0v) is 15.4. The van der Waals surface area contributed by atoms with Crippen LogP contribution in [0.3, 0.4) is 0 Å². The molecule has 2 unspecified atom stereocenters. The summed E-state index contributed by atoms with van der Waals surface area (Å²) in [5, 5.41) is 4.72. The lowest BCUT2D eigenvalue weighted by Gasteiger charge is -2.16. The van der Waals surface area contributed by atoms with Gasteiger partial charge in [-0.3, -0.25) is 0 Å². The first-order valence-electron chi connectivity index (χ1n) is 8.57. The van der Waals surface area contributed by atoms with E-state index in [-0.39, 0.29) is 0 Å². The van der Waals surface area contributed by atoms with Crippen LogP contribution >= 0.6 is 8.19 Å². The fourth-order valence-corrected chi connectivity index (χ4v) is 3.96. The van der Waals surface area contributed by atoms with Crippen molar-refractivity contribution in [3.63, 3.8) is 0 Å². The summed E-state index contributed by atoms with van der Waals surface area (Å²) in [6.45, 7) is 12.8. The first kappa shape index (κ1) is 17.3. The fraction of sp³-hybridized carbons (Fsp3) is 0.611. The molecule has 0 bridgehead atoms. The lowest BCUT2D eigenvalue weighted by molar-refractivity contribution is -0.0393. The highest BCUT2D eigenvalue weighted by Gasteiger charge is 2.31. The van der Waals surface area contributed by atoms with Crippen molar-refractivity contribution in [2.45, 2.75) is 47.5 Å². The second kappa shape index (κ2) is 7.99. The van der Waals surface area contributed by atoms with Crippen LogP contribution in [-0.4, -0.2) is 23.1 Å². The first-order chi connectivity index (χ1) is 10.7. The molecule has 1 fully saturated rings. The summed E-state index contributed by atoms with van der Waals surface area (Å²) in [5.74, 6) is 4.73. The van der Waals surface area contributed by atoms with Crippen LogP contribution in [-0.2, 0) is 0 Å². The Kier molecular flexibility index (Phi) is 6.28. The average molecular weight is 320 g/mol. The molecule has 0 aliphatic carbocycles. The van der Waals surface area contributed by atoms with E-state index in [2.05, 4.69) is 42.7 Å². The van der Waals surface area contributed by atoms with Gasteiger partial charge in [0.15, 0.2) is 5.75 Å². The number of fused-ring (bicyclic) bond motifs is 1. The topological polar surface area (TPSA) is 28.3 Å². The molecule has 2 aromatic rings. The van der Waals surface area contributed by atoms with Crippen LogP contribution in [0.25, 0.3) is 10.9 Å². The molecule has 2 aromatic heterocycles. The molecule has 0 aromatic carbocycles. The third-order valence-electron chi connectivity index (χ3n) is 4.48. The number of aromatic amines is 1. The standard InChI is InChI=1S/C16H23N2OP.C2H6/c1-4-12-8-18(9-13(12)5-2)19-16-7-17-15-10-20-11(3)6-14(15)16;1-2/h6-7,10,12-13,17H,4-5,8-9H2,1-3H3;1-2H3. The van der Waals surface area contributed by atoms with E-state index in [1.54, 1.807) is 0 Å². The van der Waals surface area contributed by atoms with Gasteiger partial charge in [0.25, 0.3) is 0 Å². The van der Waals surface area contributed by atoms with Crippen LogP contribution in [0.15, 0.2) is 18.1 Å². The summed E-state index contributed by atoms with van der Waals surface area (Å²) in [7, 11) is 1.28. The number of rotatable bonds is 4. The normalized spacial score (nSPS) is 22.0. The van der Waals surface area contributed by atoms with E-state index < -0.39 is 0 Å². The highest BCUT2D eigenvalue weighted by molar-refractivity contribution is 7.30. The molecule has 1 aliphatic heterocycles. The highest BCUT2D eigenvalue weighted by Crippen LogP contribution is 2.33. The summed E-state index contributed by atoms with van der Waals surface area (Å²) in [4.78, 5) is 9.47. The fourth-order valence-electron chi connectivity index (χ4n) is 3.21. The molecular weight excluding hydrogens is 291 g/mol. The predicted molar refractivity (Wildman–Crippen MR) is 96.7 cm³/mol. The molecule has 4 heteroatoms. The Hall–Kier alpha value is -1.05. The number of nitrogens with one attached hydrogen (secondary N) is 1. The van der Waals surface area contributed by atoms with E-state index in [4.69, 9.17) is 4.84 Å². The van der Waals surface area contributed by atoms with Crippen molar-refractivity contribution in [2.24, 2.45) is 11.8 Å². The molecule has 3 heterocycles. The SMILES string of the molecule is CC.CCC1CN(Oc2c[nH]c3cpc(C)cc23)CC1CC. The van der Waals surface area contributed by atoms with Crippen LogP contribution in [0.2, 0.25) is 0 Å².